The molecule has 2 rings (SSSR count). The van der Waals surface area contributed by atoms with Crippen molar-refractivity contribution in [2.24, 2.45) is 0 Å². The van der Waals surface area contributed by atoms with Gasteiger partial charge in [-0.1, -0.05) is 30.8 Å². The van der Waals surface area contributed by atoms with Gasteiger partial charge in [0.25, 0.3) is 0 Å². The van der Waals surface area contributed by atoms with Crippen molar-refractivity contribution in [3.8, 4) is 0 Å². The van der Waals surface area contributed by atoms with Crippen LogP contribution in [-0.4, -0.2) is 31.6 Å². The number of aliphatic hydroxyl groups is 1. The molecule has 4 nitrogen and oxygen atoms in total. The van der Waals surface area contributed by atoms with E-state index >= 15 is 0 Å². The summed E-state index contributed by atoms with van der Waals surface area (Å²) in [6.07, 6.45) is -0.389. The fraction of sp³-hybridized carbons (Fsp3) is 0.364. The van der Waals surface area contributed by atoms with Crippen molar-refractivity contribution >= 4 is 22.8 Å². The average Bonchev–Trinajstić information content (AvgIpc) is 2.28. The van der Waals surface area contributed by atoms with Gasteiger partial charge in [-0.3, -0.25) is 0 Å². The van der Waals surface area contributed by atoms with Crippen LogP contribution in [0.25, 0.3) is 11.0 Å². The number of para-hydroxylation sites is 1. The molecule has 1 aromatic carbocycles. The van der Waals surface area contributed by atoms with E-state index < -0.39 is 0 Å². The summed E-state index contributed by atoms with van der Waals surface area (Å²) in [7, 11) is 0. The van der Waals surface area contributed by atoms with Gasteiger partial charge in [-0.2, -0.15) is 0 Å². The zero-order chi connectivity index (χ0) is 11.5. The Morgan fingerprint density at radius 2 is 1.81 bits per heavy atom. The number of rotatable bonds is 3. The zero-order valence-electron chi connectivity index (χ0n) is 9.16. The first kappa shape index (κ1) is 11.3. The minimum Gasteiger partial charge on any atom is -0.392 e. The lowest BCUT2D eigenvalue weighted by Crippen LogP contribution is -2.15. The zero-order valence-corrected chi connectivity index (χ0v) is 9.98. The van der Waals surface area contributed by atoms with E-state index in [4.69, 9.17) is 0 Å². The summed E-state index contributed by atoms with van der Waals surface area (Å²) in [5.74, 6) is 0. The normalized spacial score (nSPS) is 14.9. The van der Waals surface area contributed by atoms with Crippen LogP contribution in [0.3, 0.4) is 0 Å². The lowest BCUT2D eigenvalue weighted by molar-refractivity contribution is 0.196. The monoisotopic (exact) mass is 235 g/mol. The van der Waals surface area contributed by atoms with Gasteiger partial charge in [0.2, 0.25) is 5.16 Å². The molecule has 2 atom stereocenters. The molecular weight excluding hydrogens is 222 g/mol. The molecule has 0 spiro atoms. The first-order chi connectivity index (χ1) is 7.66. The summed E-state index contributed by atoms with van der Waals surface area (Å²) in [5, 5.41) is 18.2. The van der Waals surface area contributed by atoms with E-state index in [9.17, 15) is 5.11 Å². The lowest BCUT2D eigenvalue weighted by Gasteiger charge is -2.12. The molecule has 16 heavy (non-hydrogen) atoms. The molecule has 1 heterocycles. The molecule has 0 aliphatic rings. The van der Waals surface area contributed by atoms with Gasteiger partial charge in [-0.05, 0) is 19.1 Å². The molecule has 2 aromatic rings. The second-order valence-corrected chi connectivity index (χ2v) is 4.99. The van der Waals surface area contributed by atoms with Crippen molar-refractivity contribution in [2.45, 2.75) is 30.4 Å². The maximum atomic E-state index is 9.40. The van der Waals surface area contributed by atoms with E-state index in [-0.39, 0.29) is 11.4 Å². The Kier molecular flexibility index (Phi) is 3.36. The SMILES string of the molecule is CC(O)C(C)Sc1nnc2ccccc2n1. The van der Waals surface area contributed by atoms with Crippen molar-refractivity contribution in [2.75, 3.05) is 0 Å². The topological polar surface area (TPSA) is 58.9 Å². The first-order valence-corrected chi connectivity index (χ1v) is 5.99. The predicted octanol–water partition coefficient (Wildman–Crippen LogP) is 1.89. The summed E-state index contributed by atoms with van der Waals surface area (Å²) in [5.41, 5.74) is 1.62. The van der Waals surface area contributed by atoms with Crippen LogP contribution in [0.2, 0.25) is 0 Å². The van der Waals surface area contributed by atoms with Gasteiger partial charge >= 0.3 is 0 Å². The van der Waals surface area contributed by atoms with Crippen molar-refractivity contribution < 1.29 is 5.11 Å². The van der Waals surface area contributed by atoms with Crippen LogP contribution in [0.4, 0.5) is 0 Å². The molecule has 1 N–H and O–H groups in total. The molecule has 0 radical (unpaired) electrons. The molecule has 0 amide bonds. The third kappa shape index (κ3) is 2.48. The minimum atomic E-state index is -0.389. The number of aliphatic hydroxyl groups excluding tert-OH is 1. The minimum absolute atomic E-state index is 0.0583. The van der Waals surface area contributed by atoms with E-state index in [1.165, 1.54) is 11.8 Å². The molecule has 0 saturated carbocycles. The molecule has 0 aliphatic carbocycles. The van der Waals surface area contributed by atoms with E-state index in [0.29, 0.717) is 5.16 Å². The van der Waals surface area contributed by atoms with Gasteiger partial charge < -0.3 is 5.11 Å². The fourth-order valence-corrected chi connectivity index (χ4v) is 1.95. The van der Waals surface area contributed by atoms with E-state index in [2.05, 4.69) is 15.2 Å². The maximum absolute atomic E-state index is 9.40. The third-order valence-corrected chi connectivity index (χ3v) is 3.46. The average molecular weight is 235 g/mol. The van der Waals surface area contributed by atoms with Crippen LogP contribution < -0.4 is 0 Å². The number of thioether (sulfide) groups is 1. The standard InChI is InChI=1S/C11H13N3OS/c1-7(15)8(2)16-11-12-9-5-3-4-6-10(9)13-14-11/h3-8,15H,1-2H3. The largest absolute Gasteiger partial charge is 0.392 e. The fourth-order valence-electron chi connectivity index (χ4n) is 1.18. The second-order valence-electron chi connectivity index (χ2n) is 3.65. The number of fused-ring (bicyclic) bond motifs is 1. The predicted molar refractivity (Wildman–Crippen MR) is 64.3 cm³/mol. The van der Waals surface area contributed by atoms with Gasteiger partial charge in [-0.15, -0.1) is 10.2 Å². The van der Waals surface area contributed by atoms with Crippen LogP contribution in [-0.2, 0) is 0 Å². The number of aromatic nitrogens is 3. The maximum Gasteiger partial charge on any atom is 0.210 e. The Bertz CT molecular complexity index is 489. The van der Waals surface area contributed by atoms with Crippen LogP contribution in [0.5, 0.6) is 0 Å². The second kappa shape index (κ2) is 4.76. The Hall–Kier alpha value is -1.20. The number of benzene rings is 1. The van der Waals surface area contributed by atoms with Crippen molar-refractivity contribution in [1.82, 2.24) is 15.2 Å². The van der Waals surface area contributed by atoms with Crippen molar-refractivity contribution in [3.05, 3.63) is 24.3 Å². The highest BCUT2D eigenvalue weighted by Gasteiger charge is 2.12. The molecule has 0 bridgehead atoms. The van der Waals surface area contributed by atoms with E-state index in [0.717, 1.165) is 11.0 Å². The molecule has 2 unspecified atom stereocenters. The molecule has 84 valence electrons. The van der Waals surface area contributed by atoms with Gasteiger partial charge in [-0.25, -0.2) is 4.98 Å². The highest BCUT2D eigenvalue weighted by molar-refractivity contribution is 7.99. The summed E-state index contributed by atoms with van der Waals surface area (Å²) in [6.45, 7) is 3.69. The Morgan fingerprint density at radius 1 is 1.12 bits per heavy atom. The number of hydrogen-bond donors (Lipinski definition) is 1. The lowest BCUT2D eigenvalue weighted by atomic mass is 10.3. The highest BCUT2D eigenvalue weighted by atomic mass is 32.2. The summed E-state index contributed by atoms with van der Waals surface area (Å²) in [4.78, 5) is 4.38. The van der Waals surface area contributed by atoms with Gasteiger partial charge in [0.05, 0.1) is 11.6 Å². The Balaban J connectivity index is 2.26. The molecule has 1 aromatic heterocycles. The molecule has 0 saturated heterocycles. The number of hydrogen-bond acceptors (Lipinski definition) is 5. The van der Waals surface area contributed by atoms with Crippen LogP contribution in [0.15, 0.2) is 29.4 Å². The Labute approximate surface area is 98.1 Å². The van der Waals surface area contributed by atoms with E-state index in [1.54, 1.807) is 6.92 Å². The molecule has 0 fully saturated rings. The van der Waals surface area contributed by atoms with Crippen LogP contribution in [0.1, 0.15) is 13.8 Å². The summed E-state index contributed by atoms with van der Waals surface area (Å²) >= 11 is 1.43. The number of nitrogens with zero attached hydrogens (tertiary/aromatic N) is 3. The van der Waals surface area contributed by atoms with Crippen LogP contribution in [0, 0.1) is 0 Å². The van der Waals surface area contributed by atoms with E-state index in [1.807, 2.05) is 31.2 Å². The van der Waals surface area contributed by atoms with Gasteiger partial charge in [0.1, 0.15) is 5.52 Å². The smallest absolute Gasteiger partial charge is 0.210 e. The summed E-state index contributed by atoms with van der Waals surface area (Å²) < 4.78 is 0. The quantitative estimate of drug-likeness (QED) is 0.823. The third-order valence-electron chi connectivity index (χ3n) is 2.31. The molecule has 5 heteroatoms. The Morgan fingerprint density at radius 3 is 2.50 bits per heavy atom. The van der Waals surface area contributed by atoms with Gasteiger partial charge in [0, 0.05) is 5.25 Å². The molecule has 0 aliphatic heterocycles. The highest BCUT2D eigenvalue weighted by Crippen LogP contribution is 2.22. The molecular formula is C11H13N3OS. The van der Waals surface area contributed by atoms with Crippen molar-refractivity contribution in [1.29, 1.82) is 0 Å². The van der Waals surface area contributed by atoms with Crippen molar-refractivity contribution in [3.63, 3.8) is 0 Å². The summed E-state index contributed by atoms with van der Waals surface area (Å²) in [6, 6.07) is 7.61. The van der Waals surface area contributed by atoms with Gasteiger partial charge in [0.15, 0.2) is 0 Å². The van der Waals surface area contributed by atoms with Crippen LogP contribution >= 0.6 is 11.8 Å². The first-order valence-electron chi connectivity index (χ1n) is 5.11.